The fourth-order valence-corrected chi connectivity index (χ4v) is 1.76. The lowest BCUT2D eigenvalue weighted by atomic mass is 10.2. The minimum Gasteiger partial charge on any atom is -0.464 e. The fourth-order valence-electron chi connectivity index (χ4n) is 1.76. The molecule has 0 saturated heterocycles. The first-order chi connectivity index (χ1) is 7.66. The summed E-state index contributed by atoms with van der Waals surface area (Å²) in [5.41, 5.74) is 2.92. The molecule has 0 spiro atoms. The quantitative estimate of drug-likeness (QED) is 0.594. The zero-order valence-corrected chi connectivity index (χ0v) is 10.3. The second kappa shape index (κ2) is 5.02. The monoisotopic (exact) mass is 223 g/mol. The van der Waals surface area contributed by atoms with Gasteiger partial charge in [-0.2, -0.15) is 5.48 Å². The highest BCUT2D eigenvalue weighted by molar-refractivity contribution is 5.17. The summed E-state index contributed by atoms with van der Waals surface area (Å²) in [7, 11) is 0. The van der Waals surface area contributed by atoms with E-state index in [2.05, 4.69) is 32.3 Å². The van der Waals surface area contributed by atoms with E-state index in [1.807, 2.05) is 6.07 Å². The molecule has 1 aliphatic carbocycles. The van der Waals surface area contributed by atoms with Crippen molar-refractivity contribution in [3.05, 3.63) is 23.7 Å². The van der Waals surface area contributed by atoms with Crippen molar-refractivity contribution in [3.8, 4) is 0 Å². The highest BCUT2D eigenvalue weighted by atomic mass is 16.6. The van der Waals surface area contributed by atoms with Crippen LogP contribution in [0, 0.1) is 11.8 Å². The molecule has 1 saturated carbocycles. The highest BCUT2D eigenvalue weighted by Crippen LogP contribution is 2.47. The fraction of sp³-hybridized carbons (Fsp3) is 0.692. The number of rotatable bonds is 6. The van der Waals surface area contributed by atoms with Crippen LogP contribution in [-0.4, -0.2) is 6.61 Å². The molecule has 2 rings (SSSR count). The van der Waals surface area contributed by atoms with Crippen molar-refractivity contribution in [2.75, 3.05) is 6.61 Å². The lowest BCUT2D eigenvalue weighted by Gasteiger charge is -2.06. The van der Waals surface area contributed by atoms with Crippen LogP contribution in [0.4, 0.5) is 0 Å². The van der Waals surface area contributed by atoms with Crippen LogP contribution in [0.3, 0.4) is 0 Å². The van der Waals surface area contributed by atoms with E-state index in [-0.39, 0.29) is 0 Å². The Labute approximate surface area is 97.1 Å². The topological polar surface area (TPSA) is 34.4 Å². The summed E-state index contributed by atoms with van der Waals surface area (Å²) in [6.45, 7) is 7.89. The summed E-state index contributed by atoms with van der Waals surface area (Å²) < 4.78 is 5.74. The van der Waals surface area contributed by atoms with Crippen molar-refractivity contribution in [3.63, 3.8) is 0 Å². The van der Waals surface area contributed by atoms with Crippen molar-refractivity contribution in [2.45, 2.75) is 39.7 Å². The summed E-state index contributed by atoms with van der Waals surface area (Å²) in [5, 5.41) is 0. The van der Waals surface area contributed by atoms with E-state index in [4.69, 9.17) is 9.25 Å². The molecule has 2 atom stereocenters. The minimum absolute atomic E-state index is 0.548. The van der Waals surface area contributed by atoms with Gasteiger partial charge >= 0.3 is 0 Å². The first kappa shape index (κ1) is 11.7. The molecule has 0 bridgehead atoms. The Kier molecular flexibility index (Phi) is 3.66. The highest BCUT2D eigenvalue weighted by Gasteiger charge is 2.36. The minimum atomic E-state index is 0.548. The zero-order valence-electron chi connectivity index (χ0n) is 10.3. The molecule has 3 nitrogen and oxygen atoms in total. The third-order valence-electron chi connectivity index (χ3n) is 2.92. The van der Waals surface area contributed by atoms with Crippen LogP contribution in [0.25, 0.3) is 0 Å². The van der Waals surface area contributed by atoms with Gasteiger partial charge in [-0.1, -0.05) is 20.8 Å². The molecule has 1 heterocycles. The van der Waals surface area contributed by atoms with Gasteiger partial charge in [-0.05, 0) is 30.4 Å². The first-order valence-corrected chi connectivity index (χ1v) is 6.10. The Hall–Kier alpha value is -0.800. The summed E-state index contributed by atoms with van der Waals surface area (Å²) in [5.74, 6) is 4.09. The number of hydrogen-bond donors (Lipinski definition) is 1. The van der Waals surface area contributed by atoms with E-state index in [0.717, 1.165) is 24.0 Å². The van der Waals surface area contributed by atoms with Gasteiger partial charge < -0.3 is 9.25 Å². The summed E-state index contributed by atoms with van der Waals surface area (Å²) in [6.07, 6.45) is 1.27. The number of hydrogen-bond acceptors (Lipinski definition) is 3. The normalized spacial score (nSPS) is 24.0. The van der Waals surface area contributed by atoms with Gasteiger partial charge in [-0.15, -0.1) is 0 Å². The number of nitrogens with one attached hydrogen (secondary N) is 1. The first-order valence-electron chi connectivity index (χ1n) is 6.10. The van der Waals surface area contributed by atoms with Gasteiger partial charge in [0.1, 0.15) is 11.5 Å². The van der Waals surface area contributed by atoms with Crippen LogP contribution < -0.4 is 5.48 Å². The number of hydroxylamine groups is 1. The van der Waals surface area contributed by atoms with Gasteiger partial charge in [-0.25, -0.2) is 0 Å². The lowest BCUT2D eigenvalue weighted by molar-refractivity contribution is 0.0164. The number of furan rings is 1. The third kappa shape index (κ3) is 3.09. The van der Waals surface area contributed by atoms with Crippen molar-refractivity contribution in [1.82, 2.24) is 5.48 Å². The lowest BCUT2D eigenvalue weighted by Crippen LogP contribution is -2.16. The molecule has 0 aliphatic heterocycles. The van der Waals surface area contributed by atoms with Crippen LogP contribution in [-0.2, 0) is 11.4 Å². The van der Waals surface area contributed by atoms with E-state index >= 15 is 0 Å². The summed E-state index contributed by atoms with van der Waals surface area (Å²) >= 11 is 0. The molecule has 1 N–H and O–H groups in total. The predicted octanol–water partition coefficient (Wildman–Crippen LogP) is 3.08. The maximum Gasteiger partial charge on any atom is 0.120 e. The Morgan fingerprint density at radius 2 is 2.25 bits per heavy atom. The molecule has 1 aromatic heterocycles. The molecule has 0 aromatic carbocycles. The van der Waals surface area contributed by atoms with E-state index in [1.54, 1.807) is 0 Å². The Morgan fingerprint density at radius 3 is 2.88 bits per heavy atom. The van der Waals surface area contributed by atoms with Crippen LogP contribution in [0.2, 0.25) is 0 Å². The molecule has 1 aromatic rings. The van der Waals surface area contributed by atoms with Gasteiger partial charge in [0.15, 0.2) is 0 Å². The van der Waals surface area contributed by atoms with E-state index in [0.29, 0.717) is 18.4 Å². The zero-order chi connectivity index (χ0) is 11.5. The standard InChI is InChI=1S/C13H21NO2/c1-9(2)8-15-14-7-11-4-5-13(16-11)12-6-10(12)3/h4-5,9-10,12,14H,6-8H2,1-3H3. The Balaban J connectivity index is 1.71. The molecule has 3 heteroatoms. The van der Waals surface area contributed by atoms with Gasteiger partial charge in [0.2, 0.25) is 0 Å². The van der Waals surface area contributed by atoms with Gasteiger partial charge in [-0.3, -0.25) is 0 Å². The van der Waals surface area contributed by atoms with Crippen molar-refractivity contribution in [1.29, 1.82) is 0 Å². The molecule has 1 fully saturated rings. The molecule has 0 amide bonds. The molecule has 0 radical (unpaired) electrons. The Bertz CT molecular complexity index is 332. The molecule has 90 valence electrons. The SMILES string of the molecule is CC(C)CONCc1ccc(C2CC2C)o1. The van der Waals surface area contributed by atoms with Crippen molar-refractivity contribution >= 4 is 0 Å². The maximum absolute atomic E-state index is 5.74. The van der Waals surface area contributed by atoms with Crippen LogP contribution >= 0.6 is 0 Å². The van der Waals surface area contributed by atoms with Crippen LogP contribution in [0.5, 0.6) is 0 Å². The van der Waals surface area contributed by atoms with Crippen molar-refractivity contribution < 1.29 is 9.25 Å². The largest absolute Gasteiger partial charge is 0.464 e. The smallest absolute Gasteiger partial charge is 0.120 e. The maximum atomic E-state index is 5.74. The second-order valence-corrected chi connectivity index (χ2v) is 5.15. The molecule has 1 aliphatic rings. The average Bonchev–Trinajstić information content (AvgIpc) is 2.79. The molecular formula is C13H21NO2. The van der Waals surface area contributed by atoms with Crippen molar-refractivity contribution in [2.24, 2.45) is 11.8 Å². The molecule has 2 unspecified atom stereocenters. The summed E-state index contributed by atoms with van der Waals surface area (Å²) in [6, 6.07) is 4.12. The molecule has 16 heavy (non-hydrogen) atoms. The van der Waals surface area contributed by atoms with Gasteiger partial charge in [0.05, 0.1) is 13.2 Å². The predicted molar refractivity (Wildman–Crippen MR) is 62.9 cm³/mol. The van der Waals surface area contributed by atoms with E-state index < -0.39 is 0 Å². The second-order valence-electron chi connectivity index (χ2n) is 5.15. The van der Waals surface area contributed by atoms with E-state index in [1.165, 1.54) is 6.42 Å². The van der Waals surface area contributed by atoms with E-state index in [9.17, 15) is 0 Å². The van der Waals surface area contributed by atoms with Gasteiger partial charge in [0.25, 0.3) is 0 Å². The summed E-state index contributed by atoms with van der Waals surface area (Å²) in [4.78, 5) is 5.30. The van der Waals surface area contributed by atoms with Crippen LogP contribution in [0.1, 0.15) is 44.6 Å². The average molecular weight is 223 g/mol. The van der Waals surface area contributed by atoms with Gasteiger partial charge in [0, 0.05) is 5.92 Å². The third-order valence-corrected chi connectivity index (χ3v) is 2.92. The molecular weight excluding hydrogens is 202 g/mol. The van der Waals surface area contributed by atoms with Crippen LogP contribution in [0.15, 0.2) is 16.5 Å². The Morgan fingerprint density at radius 1 is 1.50 bits per heavy atom.